The second kappa shape index (κ2) is 2.77. The molecular weight excluding hydrogens is 172 g/mol. The van der Waals surface area contributed by atoms with E-state index in [0.29, 0.717) is 0 Å². The van der Waals surface area contributed by atoms with Gasteiger partial charge in [0, 0.05) is 11.6 Å². The van der Waals surface area contributed by atoms with Crippen LogP contribution in [0.2, 0.25) is 0 Å². The molecule has 2 aromatic carbocycles. The highest BCUT2D eigenvalue weighted by Crippen LogP contribution is 2.28. The second-order valence-corrected chi connectivity index (χ2v) is 3.35. The van der Waals surface area contributed by atoms with Crippen LogP contribution in [-0.2, 0) is 0 Å². The predicted octanol–water partition coefficient (Wildman–Crippen LogP) is 2.74. The van der Waals surface area contributed by atoms with Gasteiger partial charge in [-0.3, -0.25) is 0 Å². The predicted molar refractivity (Wildman–Crippen MR) is 59.7 cm³/mol. The highest BCUT2D eigenvalue weighted by Gasteiger charge is 2.05. The first-order chi connectivity index (χ1) is 6.95. The van der Waals surface area contributed by atoms with Crippen LogP contribution in [0.4, 0.5) is 5.69 Å². The summed E-state index contributed by atoms with van der Waals surface area (Å²) in [5, 5.41) is 2.54. The fourth-order valence-corrected chi connectivity index (χ4v) is 1.86. The van der Waals surface area contributed by atoms with Gasteiger partial charge in [-0.15, -0.1) is 0 Å². The quantitative estimate of drug-likeness (QED) is 0.654. The van der Waals surface area contributed by atoms with E-state index in [4.69, 9.17) is 0 Å². The Hall–Kier alpha value is -1.96. The molecule has 14 heavy (non-hydrogen) atoms. The lowest BCUT2D eigenvalue weighted by atomic mass is 10.0. The van der Waals surface area contributed by atoms with Gasteiger partial charge < -0.3 is 10.9 Å². The van der Waals surface area contributed by atoms with E-state index >= 15 is 0 Å². The van der Waals surface area contributed by atoms with Gasteiger partial charge in [-0.1, -0.05) is 30.3 Å². The SMILES string of the molecule is C1=Cc2cccc3cccc(c23)NN1. The first-order valence-electron chi connectivity index (χ1n) is 4.65. The fourth-order valence-electron chi connectivity index (χ4n) is 1.86. The zero-order chi connectivity index (χ0) is 9.38. The lowest BCUT2D eigenvalue weighted by molar-refractivity contribution is 1.07. The van der Waals surface area contributed by atoms with Crippen molar-refractivity contribution >= 4 is 22.5 Å². The second-order valence-electron chi connectivity index (χ2n) is 3.35. The van der Waals surface area contributed by atoms with Gasteiger partial charge in [-0.25, -0.2) is 0 Å². The molecule has 0 radical (unpaired) electrons. The summed E-state index contributed by atoms with van der Waals surface area (Å²) in [4.78, 5) is 0. The van der Waals surface area contributed by atoms with Crippen LogP contribution >= 0.6 is 0 Å². The third-order valence-corrected chi connectivity index (χ3v) is 2.49. The highest BCUT2D eigenvalue weighted by molar-refractivity contribution is 6.00. The Bertz CT molecular complexity index is 509. The smallest absolute Gasteiger partial charge is 0.0624 e. The molecule has 0 unspecified atom stereocenters. The van der Waals surface area contributed by atoms with Gasteiger partial charge in [0.2, 0.25) is 0 Å². The Morgan fingerprint density at radius 1 is 0.929 bits per heavy atom. The summed E-state index contributed by atoms with van der Waals surface area (Å²) in [5.41, 5.74) is 8.55. The number of hydrogen-bond donors (Lipinski definition) is 2. The molecular formula is C12H10N2. The average Bonchev–Trinajstić information content (AvgIpc) is 2.44. The van der Waals surface area contributed by atoms with Crippen LogP contribution in [-0.4, -0.2) is 0 Å². The average molecular weight is 182 g/mol. The molecule has 2 N–H and O–H groups in total. The molecule has 68 valence electrons. The Balaban J connectivity index is 2.49. The Kier molecular flexibility index (Phi) is 1.47. The molecule has 0 saturated heterocycles. The van der Waals surface area contributed by atoms with Gasteiger partial charge in [0.15, 0.2) is 0 Å². The third kappa shape index (κ3) is 0.973. The van der Waals surface area contributed by atoms with Crippen molar-refractivity contribution in [1.29, 1.82) is 0 Å². The number of anilines is 1. The lowest BCUT2D eigenvalue weighted by Gasteiger charge is -2.07. The van der Waals surface area contributed by atoms with Crippen molar-refractivity contribution in [2.24, 2.45) is 0 Å². The Morgan fingerprint density at radius 2 is 1.79 bits per heavy atom. The first-order valence-corrected chi connectivity index (χ1v) is 4.65. The molecule has 1 heterocycles. The molecule has 1 aliphatic rings. The molecule has 0 aromatic heterocycles. The van der Waals surface area contributed by atoms with Gasteiger partial charge in [0.25, 0.3) is 0 Å². The minimum Gasteiger partial charge on any atom is -0.308 e. The molecule has 0 atom stereocenters. The van der Waals surface area contributed by atoms with Gasteiger partial charge in [0.1, 0.15) is 0 Å². The monoisotopic (exact) mass is 182 g/mol. The van der Waals surface area contributed by atoms with E-state index < -0.39 is 0 Å². The maximum Gasteiger partial charge on any atom is 0.0624 e. The van der Waals surface area contributed by atoms with E-state index in [0.717, 1.165) is 5.69 Å². The number of nitrogens with one attached hydrogen (secondary N) is 2. The molecule has 0 amide bonds. The molecule has 0 spiro atoms. The van der Waals surface area contributed by atoms with Crippen molar-refractivity contribution < 1.29 is 0 Å². The van der Waals surface area contributed by atoms with Crippen LogP contribution in [0, 0.1) is 0 Å². The van der Waals surface area contributed by atoms with E-state index in [1.807, 2.05) is 6.20 Å². The van der Waals surface area contributed by atoms with E-state index in [2.05, 4.69) is 53.3 Å². The van der Waals surface area contributed by atoms with Gasteiger partial charge >= 0.3 is 0 Å². The van der Waals surface area contributed by atoms with Crippen LogP contribution < -0.4 is 10.9 Å². The maximum absolute atomic E-state index is 3.15. The Labute approximate surface area is 82.2 Å². The maximum atomic E-state index is 3.15. The van der Waals surface area contributed by atoms with Crippen molar-refractivity contribution in [3.05, 3.63) is 48.2 Å². The summed E-state index contributed by atoms with van der Waals surface area (Å²) in [7, 11) is 0. The molecule has 0 fully saturated rings. The summed E-state index contributed by atoms with van der Waals surface area (Å²) in [6.07, 6.45) is 3.99. The van der Waals surface area contributed by atoms with Crippen molar-refractivity contribution in [2.75, 3.05) is 5.43 Å². The minimum atomic E-state index is 1.13. The van der Waals surface area contributed by atoms with E-state index in [1.54, 1.807) is 0 Å². The highest BCUT2D eigenvalue weighted by atomic mass is 15.3. The Morgan fingerprint density at radius 3 is 2.71 bits per heavy atom. The van der Waals surface area contributed by atoms with Crippen molar-refractivity contribution in [3.8, 4) is 0 Å². The van der Waals surface area contributed by atoms with Crippen molar-refractivity contribution in [2.45, 2.75) is 0 Å². The molecule has 0 aliphatic carbocycles. The summed E-state index contributed by atoms with van der Waals surface area (Å²) < 4.78 is 0. The fraction of sp³-hybridized carbons (Fsp3) is 0. The first kappa shape index (κ1) is 7.44. The number of hydrogen-bond acceptors (Lipinski definition) is 2. The summed E-state index contributed by atoms with van der Waals surface area (Å²) in [5.74, 6) is 0. The molecule has 2 heteroatoms. The van der Waals surface area contributed by atoms with Gasteiger partial charge in [-0.2, -0.15) is 0 Å². The molecule has 0 bridgehead atoms. The van der Waals surface area contributed by atoms with Gasteiger partial charge in [-0.05, 0) is 23.1 Å². The molecule has 2 nitrogen and oxygen atoms in total. The van der Waals surface area contributed by atoms with Gasteiger partial charge in [0.05, 0.1) is 5.69 Å². The van der Waals surface area contributed by atoms with E-state index in [9.17, 15) is 0 Å². The summed E-state index contributed by atoms with van der Waals surface area (Å²) in [6, 6.07) is 12.6. The van der Waals surface area contributed by atoms with Crippen LogP contribution in [0.1, 0.15) is 5.56 Å². The third-order valence-electron chi connectivity index (χ3n) is 2.49. The van der Waals surface area contributed by atoms with Crippen LogP contribution in [0.5, 0.6) is 0 Å². The van der Waals surface area contributed by atoms with E-state index in [-0.39, 0.29) is 0 Å². The molecule has 2 aromatic rings. The normalized spacial score (nSPS) is 13.1. The molecule has 3 rings (SSSR count). The number of rotatable bonds is 0. The number of hydrazine groups is 1. The zero-order valence-corrected chi connectivity index (χ0v) is 7.62. The molecule has 0 saturated carbocycles. The van der Waals surface area contributed by atoms with Crippen LogP contribution in [0.15, 0.2) is 42.6 Å². The summed E-state index contributed by atoms with van der Waals surface area (Å²) >= 11 is 0. The zero-order valence-electron chi connectivity index (χ0n) is 7.62. The van der Waals surface area contributed by atoms with Crippen LogP contribution in [0.25, 0.3) is 16.8 Å². The number of benzene rings is 2. The lowest BCUT2D eigenvalue weighted by Crippen LogP contribution is -2.12. The molecule has 1 aliphatic heterocycles. The standard InChI is InChI=1S/C12H10N2/c1-3-9-5-2-6-11-12(9)10(4-1)7-8-13-14-11/h1-8,13-14H. The van der Waals surface area contributed by atoms with Crippen molar-refractivity contribution in [1.82, 2.24) is 5.43 Å². The summed E-state index contributed by atoms with van der Waals surface area (Å²) in [6.45, 7) is 0. The minimum absolute atomic E-state index is 1.13. The van der Waals surface area contributed by atoms with Crippen LogP contribution in [0.3, 0.4) is 0 Å². The largest absolute Gasteiger partial charge is 0.308 e. The topological polar surface area (TPSA) is 24.1 Å². The van der Waals surface area contributed by atoms with E-state index in [1.165, 1.54) is 16.3 Å². The van der Waals surface area contributed by atoms with Crippen molar-refractivity contribution in [3.63, 3.8) is 0 Å².